The average Bonchev–Trinajstić information content (AvgIpc) is 2.28. The van der Waals surface area contributed by atoms with Crippen molar-refractivity contribution in [1.29, 1.82) is 0 Å². The van der Waals surface area contributed by atoms with Crippen LogP contribution in [0.2, 0.25) is 0 Å². The van der Waals surface area contributed by atoms with Crippen LogP contribution in [-0.2, 0) is 10.9 Å². The number of rotatable bonds is 3. The van der Waals surface area contributed by atoms with E-state index in [1.165, 1.54) is 15.7 Å². The molecule has 2 heteroatoms. The van der Waals surface area contributed by atoms with Crippen LogP contribution in [0, 0.1) is 0 Å². The van der Waals surface area contributed by atoms with E-state index in [9.17, 15) is 0 Å². The molecule has 0 bridgehead atoms. The Balaban J connectivity index is 2.69. The van der Waals surface area contributed by atoms with E-state index in [0.717, 1.165) is 12.4 Å². The highest BCUT2D eigenvalue weighted by Gasteiger charge is 2.19. The molecule has 2 rings (SSSR count). The van der Waals surface area contributed by atoms with Crippen LogP contribution in [0.5, 0.6) is 5.75 Å². The van der Waals surface area contributed by atoms with Crippen LogP contribution in [0.4, 0.5) is 0 Å². The van der Waals surface area contributed by atoms with Crippen LogP contribution < -0.4 is 4.74 Å². The zero-order chi connectivity index (χ0) is 11.5. The molecule has 84 valence electrons. The molecule has 0 saturated carbocycles. The van der Waals surface area contributed by atoms with Gasteiger partial charge < -0.3 is 4.74 Å². The van der Waals surface area contributed by atoms with Gasteiger partial charge in [-0.05, 0) is 24.4 Å². The lowest BCUT2D eigenvalue weighted by molar-refractivity contribution is 0.333. The lowest BCUT2D eigenvalue weighted by Crippen LogP contribution is -2.02. The quantitative estimate of drug-likeness (QED) is 0.738. The van der Waals surface area contributed by atoms with Crippen molar-refractivity contribution in [2.75, 3.05) is 19.1 Å². The molecule has 2 aromatic carbocycles. The second-order valence-corrected chi connectivity index (χ2v) is 5.90. The second kappa shape index (κ2) is 4.79. The van der Waals surface area contributed by atoms with E-state index in [2.05, 4.69) is 48.9 Å². The molecule has 0 atom stereocenters. The van der Waals surface area contributed by atoms with Crippen molar-refractivity contribution in [3.8, 4) is 5.75 Å². The Kier molecular flexibility index (Phi) is 3.39. The minimum atomic E-state index is 0.208. The summed E-state index contributed by atoms with van der Waals surface area (Å²) >= 11 is 0. The van der Waals surface area contributed by atoms with Crippen LogP contribution in [0.25, 0.3) is 10.8 Å². The Bertz CT molecular complexity index is 491. The largest absolute Gasteiger partial charge is 0.489 e. The van der Waals surface area contributed by atoms with Crippen molar-refractivity contribution in [2.45, 2.75) is 11.8 Å². The smallest absolute Gasteiger partial charge is 0.204 e. The van der Waals surface area contributed by atoms with E-state index in [0.29, 0.717) is 0 Å². The second-order valence-electron chi connectivity index (χ2n) is 3.86. The molecular weight excluding hydrogens is 216 g/mol. The third-order valence-electron chi connectivity index (χ3n) is 2.55. The fraction of sp³-hybridized carbons (Fsp3) is 0.286. The van der Waals surface area contributed by atoms with Gasteiger partial charge in [0.25, 0.3) is 0 Å². The molecule has 0 unspecified atom stereocenters. The van der Waals surface area contributed by atoms with E-state index in [4.69, 9.17) is 4.74 Å². The molecule has 0 aromatic heterocycles. The van der Waals surface area contributed by atoms with Gasteiger partial charge in [0, 0.05) is 16.3 Å². The van der Waals surface area contributed by atoms with Crippen LogP contribution in [0.15, 0.2) is 41.3 Å². The predicted octanol–water partition coefficient (Wildman–Crippen LogP) is 3.48. The SMILES string of the molecule is CCOc1ccc2ccccc2c1[S+](C)C. The summed E-state index contributed by atoms with van der Waals surface area (Å²) in [7, 11) is 0.208. The molecule has 0 fully saturated rings. The zero-order valence-corrected chi connectivity index (χ0v) is 10.8. The van der Waals surface area contributed by atoms with Gasteiger partial charge in [0.05, 0.1) is 6.61 Å². The van der Waals surface area contributed by atoms with Crippen LogP contribution in [0.3, 0.4) is 0 Å². The van der Waals surface area contributed by atoms with Gasteiger partial charge in [0.1, 0.15) is 12.5 Å². The molecule has 0 aliphatic heterocycles. The Morgan fingerprint density at radius 1 is 1.06 bits per heavy atom. The number of hydrogen-bond donors (Lipinski definition) is 0. The summed E-state index contributed by atoms with van der Waals surface area (Å²) in [5.41, 5.74) is 0. The molecule has 0 amide bonds. The summed E-state index contributed by atoms with van der Waals surface area (Å²) in [4.78, 5) is 1.35. The van der Waals surface area contributed by atoms with Crippen molar-refractivity contribution < 1.29 is 4.74 Å². The van der Waals surface area contributed by atoms with Gasteiger partial charge in [-0.15, -0.1) is 0 Å². The minimum Gasteiger partial charge on any atom is -0.489 e. The van der Waals surface area contributed by atoms with Gasteiger partial charge >= 0.3 is 0 Å². The molecule has 1 nitrogen and oxygen atoms in total. The highest BCUT2D eigenvalue weighted by atomic mass is 32.2. The summed E-state index contributed by atoms with van der Waals surface area (Å²) in [5, 5.41) is 2.61. The Hall–Kier alpha value is -1.15. The van der Waals surface area contributed by atoms with E-state index in [-0.39, 0.29) is 10.9 Å². The molecule has 0 heterocycles. The standard InChI is InChI=1S/C14H17OS/c1-4-15-13-10-9-11-7-5-6-8-12(11)14(13)16(2)3/h5-10H,4H2,1-3H3/q+1. The Morgan fingerprint density at radius 3 is 2.50 bits per heavy atom. The predicted molar refractivity (Wildman–Crippen MR) is 72.6 cm³/mol. The number of ether oxygens (including phenoxy) is 1. The fourth-order valence-electron chi connectivity index (χ4n) is 1.91. The summed E-state index contributed by atoms with van der Waals surface area (Å²) in [6.45, 7) is 2.75. The maximum atomic E-state index is 5.71. The first kappa shape index (κ1) is 11.3. The maximum Gasteiger partial charge on any atom is 0.204 e. The summed E-state index contributed by atoms with van der Waals surface area (Å²) in [6.07, 6.45) is 4.48. The first-order valence-electron chi connectivity index (χ1n) is 5.46. The normalized spacial score (nSPS) is 11.0. The Labute approximate surface area is 99.8 Å². The number of hydrogen-bond acceptors (Lipinski definition) is 1. The maximum absolute atomic E-state index is 5.71. The van der Waals surface area contributed by atoms with Gasteiger partial charge in [0.15, 0.2) is 5.75 Å². The van der Waals surface area contributed by atoms with Gasteiger partial charge in [0.2, 0.25) is 4.90 Å². The molecule has 2 aromatic rings. The summed E-state index contributed by atoms with van der Waals surface area (Å²) in [6, 6.07) is 12.7. The highest BCUT2D eigenvalue weighted by Crippen LogP contribution is 2.32. The lowest BCUT2D eigenvalue weighted by atomic mass is 10.1. The van der Waals surface area contributed by atoms with Crippen LogP contribution >= 0.6 is 0 Å². The molecule has 0 saturated heterocycles. The van der Waals surface area contributed by atoms with Gasteiger partial charge in [-0.3, -0.25) is 0 Å². The van der Waals surface area contributed by atoms with Crippen LogP contribution in [0.1, 0.15) is 6.92 Å². The van der Waals surface area contributed by atoms with E-state index in [1.54, 1.807) is 0 Å². The van der Waals surface area contributed by atoms with Gasteiger partial charge in [-0.2, -0.15) is 0 Å². The van der Waals surface area contributed by atoms with E-state index in [1.807, 2.05) is 6.92 Å². The number of fused-ring (bicyclic) bond motifs is 1. The van der Waals surface area contributed by atoms with Crippen LogP contribution in [-0.4, -0.2) is 19.1 Å². The molecule has 0 N–H and O–H groups in total. The average molecular weight is 233 g/mol. The van der Waals surface area contributed by atoms with E-state index < -0.39 is 0 Å². The number of benzene rings is 2. The first-order chi connectivity index (χ1) is 7.74. The van der Waals surface area contributed by atoms with Crippen molar-refractivity contribution in [3.63, 3.8) is 0 Å². The molecule has 0 aliphatic carbocycles. The molecule has 0 spiro atoms. The fourth-order valence-corrected chi connectivity index (χ4v) is 3.07. The van der Waals surface area contributed by atoms with Crippen molar-refractivity contribution in [1.82, 2.24) is 0 Å². The molecular formula is C14H17OS+. The van der Waals surface area contributed by atoms with Gasteiger partial charge in [-0.25, -0.2) is 0 Å². The summed E-state index contributed by atoms with van der Waals surface area (Å²) in [5.74, 6) is 1.04. The van der Waals surface area contributed by atoms with Crippen molar-refractivity contribution in [2.24, 2.45) is 0 Å². The minimum absolute atomic E-state index is 0.208. The topological polar surface area (TPSA) is 9.23 Å². The lowest BCUT2D eigenvalue weighted by Gasteiger charge is -2.09. The monoisotopic (exact) mass is 233 g/mol. The molecule has 0 radical (unpaired) electrons. The van der Waals surface area contributed by atoms with E-state index >= 15 is 0 Å². The first-order valence-corrected chi connectivity index (χ1v) is 7.50. The summed E-state index contributed by atoms with van der Waals surface area (Å²) < 4.78 is 5.71. The molecule has 16 heavy (non-hydrogen) atoms. The third kappa shape index (κ3) is 2.03. The van der Waals surface area contributed by atoms with Crippen molar-refractivity contribution in [3.05, 3.63) is 36.4 Å². The highest BCUT2D eigenvalue weighted by molar-refractivity contribution is 7.95. The molecule has 0 aliphatic rings. The Morgan fingerprint density at radius 2 is 1.81 bits per heavy atom. The zero-order valence-electron chi connectivity index (χ0n) is 9.99. The van der Waals surface area contributed by atoms with Gasteiger partial charge in [-0.1, -0.05) is 24.3 Å². The third-order valence-corrected chi connectivity index (χ3v) is 3.79. The van der Waals surface area contributed by atoms with Crippen molar-refractivity contribution >= 4 is 21.7 Å².